The van der Waals surface area contributed by atoms with Gasteiger partial charge in [-0.1, -0.05) is 19.4 Å². The van der Waals surface area contributed by atoms with Gasteiger partial charge in [0, 0.05) is 18.6 Å². The molecule has 0 fully saturated rings. The van der Waals surface area contributed by atoms with Gasteiger partial charge in [-0.2, -0.15) is 0 Å². The van der Waals surface area contributed by atoms with E-state index in [1.54, 1.807) is 0 Å². The molecule has 0 spiro atoms. The van der Waals surface area contributed by atoms with Crippen molar-refractivity contribution in [1.29, 1.82) is 5.26 Å². The van der Waals surface area contributed by atoms with Crippen LogP contribution in [0.15, 0.2) is 24.4 Å². The maximum atomic E-state index is 6.25. The van der Waals surface area contributed by atoms with Gasteiger partial charge in [0.2, 0.25) is 0 Å². The minimum Gasteiger partial charge on any atom is -0.512 e. The second kappa shape index (κ2) is 8.25. The van der Waals surface area contributed by atoms with E-state index in [1.807, 2.05) is 0 Å². The molecule has 0 saturated carbocycles. The summed E-state index contributed by atoms with van der Waals surface area (Å²) in [6.07, 6.45) is 5.94. The van der Waals surface area contributed by atoms with Gasteiger partial charge in [0.1, 0.15) is 6.54 Å². The van der Waals surface area contributed by atoms with Gasteiger partial charge < -0.3 is 11.8 Å². The Morgan fingerprint density at radius 1 is 1.29 bits per heavy atom. The number of hydrogen-bond acceptors (Lipinski definition) is 1. The second-order valence-electron chi connectivity index (χ2n) is 3.08. The SMILES string of the molecule is CCCCc1cccc[n+]1CC.[C-]#N. The summed E-state index contributed by atoms with van der Waals surface area (Å²) in [7, 11) is 0. The van der Waals surface area contributed by atoms with Crippen molar-refractivity contribution in [3.05, 3.63) is 36.7 Å². The Bertz CT molecular complexity index is 266. The molecule has 0 aromatic carbocycles. The lowest BCUT2D eigenvalue weighted by Crippen LogP contribution is -2.36. The zero-order valence-corrected chi connectivity index (χ0v) is 9.03. The van der Waals surface area contributed by atoms with E-state index in [9.17, 15) is 0 Å². The van der Waals surface area contributed by atoms with Crippen LogP contribution >= 0.6 is 0 Å². The molecule has 0 aliphatic carbocycles. The van der Waals surface area contributed by atoms with Crippen molar-refractivity contribution >= 4 is 0 Å². The van der Waals surface area contributed by atoms with Crippen LogP contribution in [0, 0.1) is 11.8 Å². The minimum absolute atomic E-state index is 1.08. The Morgan fingerprint density at radius 3 is 2.57 bits per heavy atom. The van der Waals surface area contributed by atoms with Crippen LogP contribution in [0.3, 0.4) is 0 Å². The molecule has 0 radical (unpaired) electrons. The predicted molar refractivity (Wildman–Crippen MR) is 55.9 cm³/mol. The van der Waals surface area contributed by atoms with Gasteiger partial charge in [-0.05, 0) is 13.3 Å². The lowest BCUT2D eigenvalue weighted by Gasteiger charge is -1.99. The van der Waals surface area contributed by atoms with E-state index in [1.165, 1.54) is 25.0 Å². The Balaban J connectivity index is 0.000000791. The third-order valence-corrected chi connectivity index (χ3v) is 2.16. The molecule has 1 aromatic heterocycles. The highest BCUT2D eigenvalue weighted by Crippen LogP contribution is 1.98. The molecule has 1 aromatic rings. The first-order valence-corrected chi connectivity index (χ1v) is 5.08. The molecule has 2 heteroatoms. The minimum atomic E-state index is 1.08. The number of aromatic nitrogens is 1. The fraction of sp³-hybridized carbons (Fsp3) is 0.500. The maximum Gasteiger partial charge on any atom is 0.181 e. The van der Waals surface area contributed by atoms with Crippen LogP contribution in [0.4, 0.5) is 0 Å². The number of nitrogens with zero attached hydrogens (tertiary/aromatic N) is 2. The highest BCUT2D eigenvalue weighted by atomic mass is 14.9. The summed E-state index contributed by atoms with van der Waals surface area (Å²) in [5, 5.41) is 6.25. The van der Waals surface area contributed by atoms with Gasteiger partial charge in [-0.15, -0.1) is 0 Å². The number of aryl methyl sites for hydroxylation is 2. The fourth-order valence-electron chi connectivity index (χ4n) is 1.41. The highest BCUT2D eigenvalue weighted by molar-refractivity contribution is 4.97. The van der Waals surface area contributed by atoms with Crippen LogP contribution in [0.25, 0.3) is 0 Å². The normalized spacial score (nSPS) is 8.86. The van der Waals surface area contributed by atoms with Crippen LogP contribution in [0.2, 0.25) is 0 Å². The zero-order chi connectivity index (χ0) is 10.8. The van der Waals surface area contributed by atoms with Gasteiger partial charge in [-0.3, -0.25) is 0 Å². The number of pyridine rings is 1. The third-order valence-electron chi connectivity index (χ3n) is 2.16. The summed E-state index contributed by atoms with van der Waals surface area (Å²) in [5.74, 6) is 0. The van der Waals surface area contributed by atoms with E-state index in [0.29, 0.717) is 0 Å². The predicted octanol–water partition coefficient (Wildman–Crippen LogP) is 2.43. The van der Waals surface area contributed by atoms with E-state index in [4.69, 9.17) is 11.8 Å². The summed E-state index contributed by atoms with van der Waals surface area (Å²) in [6, 6.07) is 6.44. The molecule has 76 valence electrons. The average Bonchev–Trinajstić information content (AvgIpc) is 2.29. The molecule has 1 rings (SSSR count). The molecule has 2 nitrogen and oxygen atoms in total. The molecule has 1 heterocycles. The first-order valence-electron chi connectivity index (χ1n) is 5.08. The van der Waals surface area contributed by atoms with Crippen LogP contribution in [-0.4, -0.2) is 0 Å². The Labute approximate surface area is 86.8 Å². The lowest BCUT2D eigenvalue weighted by atomic mass is 10.2. The van der Waals surface area contributed by atoms with Crippen molar-refractivity contribution in [2.75, 3.05) is 0 Å². The van der Waals surface area contributed by atoms with Crippen LogP contribution in [0.1, 0.15) is 32.4 Å². The average molecular weight is 190 g/mol. The number of hydrogen-bond donors (Lipinski definition) is 0. The van der Waals surface area contributed by atoms with Gasteiger partial charge in [0.15, 0.2) is 11.9 Å². The van der Waals surface area contributed by atoms with E-state index < -0.39 is 0 Å². The monoisotopic (exact) mass is 190 g/mol. The van der Waals surface area contributed by atoms with Gasteiger partial charge in [0.05, 0.1) is 0 Å². The van der Waals surface area contributed by atoms with E-state index >= 15 is 0 Å². The smallest absolute Gasteiger partial charge is 0.181 e. The molecule has 0 aliphatic heterocycles. The van der Waals surface area contributed by atoms with E-state index in [-0.39, 0.29) is 0 Å². The Kier molecular flexibility index (Phi) is 7.45. The van der Waals surface area contributed by atoms with Crippen molar-refractivity contribution in [3.63, 3.8) is 0 Å². The van der Waals surface area contributed by atoms with Crippen molar-refractivity contribution in [2.45, 2.75) is 39.7 Å². The first kappa shape index (κ1) is 12.6. The standard InChI is InChI=1S/C11H18N.CN/c1-3-5-8-11-9-6-7-10-12(11)4-2;1-2/h6-7,9-10H,3-5,8H2,1-2H3;/q+1;-1. The van der Waals surface area contributed by atoms with Gasteiger partial charge >= 0.3 is 0 Å². The highest BCUT2D eigenvalue weighted by Gasteiger charge is 2.04. The Morgan fingerprint density at radius 2 is 2.00 bits per heavy atom. The molecule has 0 atom stereocenters. The van der Waals surface area contributed by atoms with Crippen molar-refractivity contribution in [2.24, 2.45) is 0 Å². The molecule has 0 amide bonds. The first-order chi connectivity index (χ1) is 6.88. The van der Waals surface area contributed by atoms with Crippen LogP contribution < -0.4 is 4.57 Å². The quantitative estimate of drug-likeness (QED) is 0.529. The molecule has 0 aliphatic rings. The van der Waals surface area contributed by atoms with Crippen molar-refractivity contribution in [1.82, 2.24) is 0 Å². The van der Waals surface area contributed by atoms with Gasteiger partial charge in [0.25, 0.3) is 0 Å². The molecule has 0 bridgehead atoms. The molecule has 0 saturated heterocycles. The van der Waals surface area contributed by atoms with Crippen molar-refractivity contribution in [3.8, 4) is 0 Å². The van der Waals surface area contributed by atoms with Crippen molar-refractivity contribution < 1.29 is 4.57 Å². The lowest BCUT2D eigenvalue weighted by molar-refractivity contribution is -0.700. The molecule has 0 N–H and O–H groups in total. The molecule has 0 unspecified atom stereocenters. The molecule has 14 heavy (non-hydrogen) atoms. The summed E-state index contributed by atoms with van der Waals surface area (Å²) in [6.45, 7) is 10.3. The summed E-state index contributed by atoms with van der Waals surface area (Å²) in [4.78, 5) is 0. The van der Waals surface area contributed by atoms with Gasteiger partial charge in [-0.25, -0.2) is 4.57 Å². The molecular formula is C12H18N2. The van der Waals surface area contributed by atoms with Crippen LogP contribution in [-0.2, 0) is 13.0 Å². The largest absolute Gasteiger partial charge is 0.512 e. The fourth-order valence-corrected chi connectivity index (χ4v) is 1.41. The number of unbranched alkanes of at least 4 members (excludes halogenated alkanes) is 1. The third kappa shape index (κ3) is 4.04. The number of rotatable bonds is 4. The van der Waals surface area contributed by atoms with E-state index in [0.717, 1.165) is 6.54 Å². The maximum absolute atomic E-state index is 6.25. The molecular weight excluding hydrogens is 172 g/mol. The van der Waals surface area contributed by atoms with Crippen LogP contribution in [0.5, 0.6) is 0 Å². The summed E-state index contributed by atoms with van der Waals surface area (Å²) in [5.41, 5.74) is 1.46. The topological polar surface area (TPSA) is 27.7 Å². The zero-order valence-electron chi connectivity index (χ0n) is 9.03. The Hall–Kier alpha value is -1.36. The summed E-state index contributed by atoms with van der Waals surface area (Å²) < 4.78 is 2.32. The second-order valence-corrected chi connectivity index (χ2v) is 3.08. The summed E-state index contributed by atoms with van der Waals surface area (Å²) >= 11 is 0. The van der Waals surface area contributed by atoms with E-state index in [2.05, 4.69) is 42.8 Å².